The molecule has 0 bridgehead atoms. The number of fused-ring (bicyclic) bond motifs is 1. The van der Waals surface area contributed by atoms with Crippen molar-refractivity contribution in [1.82, 2.24) is 15.3 Å². The Balaban J connectivity index is 1.58. The van der Waals surface area contributed by atoms with Gasteiger partial charge in [0.25, 0.3) is 5.91 Å². The van der Waals surface area contributed by atoms with Crippen molar-refractivity contribution < 1.29 is 4.79 Å². The predicted molar refractivity (Wildman–Crippen MR) is 148 cm³/mol. The number of rotatable bonds is 8. The maximum absolute atomic E-state index is 13.4. The van der Waals surface area contributed by atoms with Gasteiger partial charge in [0.05, 0.1) is 0 Å². The van der Waals surface area contributed by atoms with E-state index in [-0.39, 0.29) is 23.4 Å². The Morgan fingerprint density at radius 1 is 1.06 bits per heavy atom. The second-order valence-corrected chi connectivity index (χ2v) is 11.0. The minimum Gasteiger partial charge on any atom is -0.367 e. The summed E-state index contributed by atoms with van der Waals surface area (Å²) in [5.41, 5.74) is 5.17. The first-order valence-electron chi connectivity index (χ1n) is 13.1. The van der Waals surface area contributed by atoms with E-state index in [1.165, 1.54) is 16.7 Å². The zero-order chi connectivity index (χ0) is 25.7. The molecule has 3 N–H and O–H groups in total. The van der Waals surface area contributed by atoms with Crippen molar-refractivity contribution in [1.29, 1.82) is 0 Å². The zero-order valence-corrected chi connectivity index (χ0v) is 22.2. The average molecular weight is 486 g/mol. The first-order valence-corrected chi connectivity index (χ1v) is 13.1. The highest BCUT2D eigenvalue weighted by molar-refractivity contribution is 5.93. The van der Waals surface area contributed by atoms with E-state index in [1.54, 1.807) is 6.07 Å². The second-order valence-electron chi connectivity index (χ2n) is 11.0. The number of carbonyl (C=O) groups excluding carboxylic acids is 1. The molecule has 6 heteroatoms. The van der Waals surface area contributed by atoms with Crippen LogP contribution < -0.4 is 16.0 Å². The molecule has 36 heavy (non-hydrogen) atoms. The van der Waals surface area contributed by atoms with Crippen molar-refractivity contribution in [2.75, 3.05) is 10.6 Å². The molecule has 0 radical (unpaired) electrons. The number of anilines is 3. The Labute approximate surface area is 215 Å². The van der Waals surface area contributed by atoms with Gasteiger partial charge in [0.1, 0.15) is 11.5 Å². The van der Waals surface area contributed by atoms with Gasteiger partial charge in [-0.05, 0) is 61.3 Å². The molecule has 0 saturated heterocycles. The summed E-state index contributed by atoms with van der Waals surface area (Å²) in [6, 6.07) is 18.6. The average Bonchev–Trinajstić information content (AvgIpc) is 2.84. The molecule has 1 amide bonds. The molecule has 1 aromatic heterocycles. The number of aryl methyl sites for hydroxylation is 2. The van der Waals surface area contributed by atoms with Gasteiger partial charge >= 0.3 is 0 Å². The number of nitrogens with one attached hydrogen (secondary N) is 3. The number of hydrogen-bond acceptors (Lipinski definition) is 5. The topological polar surface area (TPSA) is 78.9 Å². The fourth-order valence-electron chi connectivity index (χ4n) is 4.73. The molecule has 4 rings (SSSR count). The fourth-order valence-corrected chi connectivity index (χ4v) is 4.73. The quantitative estimate of drug-likeness (QED) is 0.342. The number of carbonyl (C=O) groups is 1. The molecule has 2 aromatic carbocycles. The van der Waals surface area contributed by atoms with Crippen LogP contribution in [0.1, 0.15) is 74.1 Å². The highest BCUT2D eigenvalue weighted by Gasteiger charge is 2.26. The van der Waals surface area contributed by atoms with Crippen molar-refractivity contribution in [3.8, 4) is 0 Å². The Morgan fingerprint density at radius 3 is 2.47 bits per heavy atom. The van der Waals surface area contributed by atoms with Gasteiger partial charge in [-0.15, -0.1) is 0 Å². The van der Waals surface area contributed by atoms with Crippen molar-refractivity contribution in [2.45, 2.75) is 78.8 Å². The van der Waals surface area contributed by atoms with Crippen molar-refractivity contribution in [3.05, 3.63) is 77.0 Å². The Bertz CT molecular complexity index is 1180. The zero-order valence-electron chi connectivity index (χ0n) is 22.2. The van der Waals surface area contributed by atoms with Crippen molar-refractivity contribution in [3.63, 3.8) is 0 Å². The molecule has 1 aliphatic carbocycles. The molecule has 3 aromatic rings. The lowest BCUT2D eigenvalue weighted by Gasteiger charge is -2.32. The van der Waals surface area contributed by atoms with Crippen LogP contribution in [0, 0.1) is 12.3 Å². The van der Waals surface area contributed by atoms with Gasteiger partial charge in [0.2, 0.25) is 5.95 Å². The first kappa shape index (κ1) is 25.7. The van der Waals surface area contributed by atoms with Crippen LogP contribution in [-0.4, -0.2) is 28.0 Å². The molecule has 6 nitrogen and oxygen atoms in total. The molecule has 0 aliphatic heterocycles. The summed E-state index contributed by atoms with van der Waals surface area (Å²) < 4.78 is 0. The largest absolute Gasteiger partial charge is 0.367 e. The summed E-state index contributed by atoms with van der Waals surface area (Å²) in [4.78, 5) is 22.7. The predicted octanol–water partition coefficient (Wildman–Crippen LogP) is 6.44. The second kappa shape index (κ2) is 11.1. The molecule has 2 unspecified atom stereocenters. The molecule has 1 aliphatic rings. The molecule has 0 saturated carbocycles. The van der Waals surface area contributed by atoms with Gasteiger partial charge in [-0.3, -0.25) is 4.79 Å². The van der Waals surface area contributed by atoms with E-state index < -0.39 is 0 Å². The SMILES string of the molecule is CCCC(Nc1cc(C(=O)NC2CCc3ccccc3C2)nc(Nc2ccc(C)cc2)n1)C(C)(C)C. The lowest BCUT2D eigenvalue weighted by Crippen LogP contribution is -2.39. The number of hydrogen-bond donors (Lipinski definition) is 3. The van der Waals surface area contributed by atoms with Crippen molar-refractivity contribution >= 4 is 23.4 Å². The normalized spacial score (nSPS) is 16.1. The number of nitrogens with zero attached hydrogens (tertiary/aromatic N) is 2. The lowest BCUT2D eigenvalue weighted by atomic mass is 9.84. The molecule has 2 atom stereocenters. The monoisotopic (exact) mass is 485 g/mol. The van der Waals surface area contributed by atoms with Gasteiger partial charge < -0.3 is 16.0 Å². The third-order valence-electron chi connectivity index (χ3n) is 6.89. The van der Waals surface area contributed by atoms with Crippen molar-refractivity contribution in [2.24, 2.45) is 5.41 Å². The van der Waals surface area contributed by atoms with Gasteiger partial charge in [0, 0.05) is 23.8 Å². The smallest absolute Gasteiger partial charge is 0.270 e. The molecule has 1 heterocycles. The Hall–Kier alpha value is -3.41. The van der Waals surface area contributed by atoms with Crippen LogP contribution in [0.4, 0.5) is 17.5 Å². The van der Waals surface area contributed by atoms with Gasteiger partial charge in [-0.1, -0.05) is 76.1 Å². The fraction of sp³-hybridized carbons (Fsp3) is 0.433. The van der Waals surface area contributed by atoms with E-state index in [2.05, 4.69) is 79.8 Å². The van der Waals surface area contributed by atoms with Gasteiger partial charge in [-0.2, -0.15) is 4.98 Å². The number of amides is 1. The van der Waals surface area contributed by atoms with E-state index in [0.29, 0.717) is 17.5 Å². The maximum atomic E-state index is 13.4. The van der Waals surface area contributed by atoms with Gasteiger partial charge in [-0.25, -0.2) is 4.98 Å². The summed E-state index contributed by atoms with van der Waals surface area (Å²) in [6.07, 6.45) is 4.82. The van der Waals surface area contributed by atoms with E-state index in [9.17, 15) is 4.79 Å². The lowest BCUT2D eigenvalue weighted by molar-refractivity contribution is 0.0928. The Morgan fingerprint density at radius 2 is 1.78 bits per heavy atom. The van der Waals surface area contributed by atoms with Gasteiger partial charge in [0.15, 0.2) is 0 Å². The van der Waals surface area contributed by atoms with E-state index >= 15 is 0 Å². The summed E-state index contributed by atoms with van der Waals surface area (Å²) in [5.74, 6) is 0.902. The summed E-state index contributed by atoms with van der Waals surface area (Å²) in [5, 5.41) is 10.1. The van der Waals surface area contributed by atoms with Crippen LogP contribution in [0.2, 0.25) is 0 Å². The Kier molecular flexibility index (Phi) is 7.92. The first-order chi connectivity index (χ1) is 17.2. The minimum atomic E-state index is -0.167. The molecular weight excluding hydrogens is 446 g/mol. The maximum Gasteiger partial charge on any atom is 0.270 e. The molecule has 0 fully saturated rings. The van der Waals surface area contributed by atoms with E-state index in [4.69, 9.17) is 4.98 Å². The van der Waals surface area contributed by atoms with Crippen LogP contribution in [0.3, 0.4) is 0 Å². The number of benzene rings is 2. The van der Waals surface area contributed by atoms with E-state index in [1.807, 2.05) is 24.3 Å². The molecular formula is C30H39N5O. The summed E-state index contributed by atoms with van der Waals surface area (Å²) in [6.45, 7) is 10.9. The third kappa shape index (κ3) is 6.62. The number of aromatic nitrogens is 2. The van der Waals surface area contributed by atoms with Crippen LogP contribution in [0.15, 0.2) is 54.6 Å². The summed E-state index contributed by atoms with van der Waals surface area (Å²) in [7, 11) is 0. The minimum absolute atomic E-state index is 0.0451. The highest BCUT2D eigenvalue weighted by atomic mass is 16.1. The van der Waals surface area contributed by atoms with Crippen LogP contribution in [-0.2, 0) is 12.8 Å². The molecule has 0 spiro atoms. The highest BCUT2D eigenvalue weighted by Crippen LogP contribution is 2.27. The van der Waals surface area contributed by atoms with Crippen LogP contribution in [0.5, 0.6) is 0 Å². The van der Waals surface area contributed by atoms with Crippen LogP contribution >= 0.6 is 0 Å². The molecule has 190 valence electrons. The third-order valence-corrected chi connectivity index (χ3v) is 6.89. The standard InChI is InChI=1S/C30H39N5O/c1-6-9-26(30(3,4)5)34-27-19-25(33-29(35-27)32-23-15-12-20(2)13-16-23)28(36)31-24-17-14-21-10-7-8-11-22(21)18-24/h7-8,10-13,15-16,19,24,26H,6,9,14,17-18H2,1-5H3,(H,31,36)(H2,32,33,34,35). The summed E-state index contributed by atoms with van der Waals surface area (Å²) >= 11 is 0. The van der Waals surface area contributed by atoms with E-state index in [0.717, 1.165) is 37.8 Å². The van der Waals surface area contributed by atoms with Crippen LogP contribution in [0.25, 0.3) is 0 Å².